The maximum Gasteiger partial charge on any atom is 0.305 e. The second kappa shape index (κ2) is 74.8. The quantitative estimate of drug-likeness (QED) is 0.0320. The first-order chi connectivity index (χ1) is 42.0. The number of unbranched alkanes of at least 4 members (excludes halogenated alkanes) is 59. The Balaban J connectivity index is 3.36. The molecule has 0 aliphatic heterocycles. The van der Waals surface area contributed by atoms with Crippen LogP contribution in [0, 0.1) is 0 Å². The molecule has 0 aliphatic rings. The van der Waals surface area contributed by atoms with Gasteiger partial charge in [-0.3, -0.25) is 9.59 Å². The molecule has 0 aromatic heterocycles. The van der Waals surface area contributed by atoms with Crippen LogP contribution >= 0.6 is 0 Å². The number of aliphatic hydroxyl groups is 2. The summed E-state index contributed by atoms with van der Waals surface area (Å²) in [5.74, 6) is -0.00936. The molecule has 0 radical (unpaired) electrons. The lowest BCUT2D eigenvalue weighted by Gasteiger charge is -2.22. The van der Waals surface area contributed by atoms with E-state index in [0.29, 0.717) is 25.9 Å². The molecule has 6 heteroatoms. The number of rotatable bonds is 74. The fourth-order valence-corrected chi connectivity index (χ4v) is 12.6. The predicted octanol–water partition coefficient (Wildman–Crippen LogP) is 25.7. The molecule has 2 atom stereocenters. The van der Waals surface area contributed by atoms with E-state index in [1.165, 1.54) is 366 Å². The number of esters is 1. The van der Waals surface area contributed by atoms with Crippen LogP contribution in [0.4, 0.5) is 0 Å². The van der Waals surface area contributed by atoms with Crippen LogP contribution in [0.2, 0.25) is 0 Å². The van der Waals surface area contributed by atoms with E-state index in [1.807, 2.05) is 0 Å². The predicted molar refractivity (Wildman–Crippen MR) is 375 cm³/mol. The van der Waals surface area contributed by atoms with Gasteiger partial charge < -0.3 is 20.3 Å². The number of allylic oxidation sites excluding steroid dienone is 4. The van der Waals surface area contributed by atoms with E-state index < -0.39 is 12.1 Å². The molecule has 0 rings (SSSR count). The molecular formula is C79H153NO5. The van der Waals surface area contributed by atoms with Crippen LogP contribution in [-0.2, 0) is 14.3 Å². The van der Waals surface area contributed by atoms with Crippen LogP contribution in [-0.4, -0.2) is 47.4 Å². The van der Waals surface area contributed by atoms with Crippen molar-refractivity contribution < 1.29 is 24.5 Å². The van der Waals surface area contributed by atoms with Gasteiger partial charge in [0.15, 0.2) is 0 Å². The van der Waals surface area contributed by atoms with Crippen LogP contribution in [0.25, 0.3) is 0 Å². The topological polar surface area (TPSA) is 95.9 Å². The number of carbonyl (C=O) groups is 2. The molecule has 0 saturated heterocycles. The lowest BCUT2D eigenvalue weighted by atomic mass is 10.0. The van der Waals surface area contributed by atoms with Gasteiger partial charge in [0.1, 0.15) is 0 Å². The van der Waals surface area contributed by atoms with Crippen molar-refractivity contribution in [2.24, 2.45) is 0 Å². The van der Waals surface area contributed by atoms with E-state index >= 15 is 0 Å². The average molecular weight is 1200 g/mol. The molecule has 0 aromatic carbocycles. The number of aliphatic hydroxyl groups excluding tert-OH is 2. The van der Waals surface area contributed by atoms with Crippen molar-refractivity contribution in [3.05, 3.63) is 24.3 Å². The first kappa shape index (κ1) is 83.3. The summed E-state index contributed by atoms with van der Waals surface area (Å²) < 4.78 is 5.51. The van der Waals surface area contributed by atoms with Gasteiger partial charge in [-0.25, -0.2) is 0 Å². The maximum absolute atomic E-state index is 12.5. The van der Waals surface area contributed by atoms with Gasteiger partial charge in [-0.15, -0.1) is 0 Å². The van der Waals surface area contributed by atoms with E-state index in [2.05, 4.69) is 43.5 Å². The van der Waals surface area contributed by atoms with Crippen molar-refractivity contribution in [2.45, 2.75) is 456 Å². The molecule has 0 spiro atoms. The smallest absolute Gasteiger partial charge is 0.305 e. The van der Waals surface area contributed by atoms with Gasteiger partial charge in [-0.1, -0.05) is 398 Å². The van der Waals surface area contributed by atoms with Crippen LogP contribution in [0.5, 0.6) is 0 Å². The van der Waals surface area contributed by atoms with E-state index in [0.717, 1.165) is 44.9 Å². The van der Waals surface area contributed by atoms with Crippen molar-refractivity contribution in [1.82, 2.24) is 5.32 Å². The molecule has 0 aromatic rings. The SMILES string of the molecule is CCCCCCCCCCCCCCCCCCCCC(=O)OCCCCCCCCCCC/C=C\C/C=C\CCCCCCCCCCCCCCCCCCCC(=O)NC(CO)C(O)CCCCCCCCCCCCCCCCCCC. The fourth-order valence-electron chi connectivity index (χ4n) is 12.6. The fraction of sp³-hybridized carbons (Fsp3) is 0.924. The zero-order chi connectivity index (χ0) is 61.3. The Labute approximate surface area is 532 Å². The van der Waals surface area contributed by atoms with Gasteiger partial charge >= 0.3 is 5.97 Å². The number of ether oxygens (including phenoxy) is 1. The Morgan fingerprint density at radius 1 is 0.329 bits per heavy atom. The lowest BCUT2D eigenvalue weighted by Crippen LogP contribution is -2.45. The van der Waals surface area contributed by atoms with Gasteiger partial charge in [-0.05, 0) is 57.8 Å². The Morgan fingerprint density at radius 2 is 0.588 bits per heavy atom. The first-order valence-electron chi connectivity index (χ1n) is 39.1. The molecule has 0 aliphatic carbocycles. The van der Waals surface area contributed by atoms with Gasteiger partial charge in [0.2, 0.25) is 5.91 Å². The molecule has 1 amide bonds. The Bertz CT molecular complexity index is 1330. The highest BCUT2D eigenvalue weighted by molar-refractivity contribution is 5.76. The van der Waals surface area contributed by atoms with Crippen molar-refractivity contribution >= 4 is 11.9 Å². The summed E-state index contributed by atoms with van der Waals surface area (Å²) in [7, 11) is 0. The van der Waals surface area contributed by atoms with E-state index in [4.69, 9.17) is 4.74 Å². The molecule has 85 heavy (non-hydrogen) atoms. The number of hydrogen-bond acceptors (Lipinski definition) is 5. The molecule has 504 valence electrons. The molecule has 2 unspecified atom stereocenters. The normalized spacial score (nSPS) is 12.6. The number of carbonyl (C=O) groups excluding carboxylic acids is 2. The van der Waals surface area contributed by atoms with Crippen LogP contribution < -0.4 is 5.32 Å². The highest BCUT2D eigenvalue weighted by Gasteiger charge is 2.20. The lowest BCUT2D eigenvalue weighted by molar-refractivity contribution is -0.143. The monoisotopic (exact) mass is 1200 g/mol. The third-order valence-corrected chi connectivity index (χ3v) is 18.5. The van der Waals surface area contributed by atoms with Gasteiger partial charge in [-0.2, -0.15) is 0 Å². The van der Waals surface area contributed by atoms with Crippen molar-refractivity contribution in [2.75, 3.05) is 13.2 Å². The maximum atomic E-state index is 12.5. The summed E-state index contributed by atoms with van der Waals surface area (Å²) in [5.41, 5.74) is 0. The number of hydrogen-bond donors (Lipinski definition) is 3. The molecule has 0 bridgehead atoms. The van der Waals surface area contributed by atoms with E-state index in [1.54, 1.807) is 0 Å². The molecule has 0 fully saturated rings. The molecule has 0 saturated carbocycles. The number of amides is 1. The largest absolute Gasteiger partial charge is 0.466 e. The Kier molecular flexibility index (Phi) is 73.3. The standard InChI is InChI=1S/C79H153NO5/c1-3-5-7-9-11-13-15-17-19-21-41-45-49-53-57-61-65-69-73-79(84)85-74-70-66-62-58-54-50-46-42-38-36-34-32-30-28-26-24-22-23-25-27-29-31-33-35-37-40-44-48-52-56-60-64-68-72-78(83)80-76(75-81)77(82)71-67-63-59-55-51-47-43-39-20-18-16-14-12-10-8-6-4-2/h26,28,32,34,76-77,81-82H,3-25,27,29-31,33,35-75H2,1-2H3,(H,80,83)/b28-26-,34-32-. The van der Waals surface area contributed by atoms with Crippen LogP contribution in [0.15, 0.2) is 24.3 Å². The molecule has 0 heterocycles. The molecular weight excluding hydrogens is 1040 g/mol. The van der Waals surface area contributed by atoms with Gasteiger partial charge in [0.25, 0.3) is 0 Å². The number of nitrogens with one attached hydrogen (secondary N) is 1. The molecule has 6 nitrogen and oxygen atoms in total. The minimum atomic E-state index is -0.663. The average Bonchev–Trinajstić information content (AvgIpc) is 3.50. The summed E-state index contributed by atoms with van der Waals surface area (Å²) in [6, 6.07) is -0.540. The van der Waals surface area contributed by atoms with Crippen molar-refractivity contribution in [3.8, 4) is 0 Å². The summed E-state index contributed by atoms with van der Waals surface area (Å²) in [6.45, 7) is 5.00. The first-order valence-corrected chi connectivity index (χ1v) is 39.1. The van der Waals surface area contributed by atoms with E-state index in [9.17, 15) is 19.8 Å². The second-order valence-electron chi connectivity index (χ2n) is 27.0. The Hall–Kier alpha value is -1.66. The van der Waals surface area contributed by atoms with Crippen LogP contribution in [0.3, 0.4) is 0 Å². The molecule has 3 N–H and O–H groups in total. The second-order valence-corrected chi connectivity index (χ2v) is 27.0. The zero-order valence-corrected chi connectivity index (χ0v) is 57.9. The van der Waals surface area contributed by atoms with Crippen molar-refractivity contribution in [1.29, 1.82) is 0 Å². The minimum Gasteiger partial charge on any atom is -0.466 e. The summed E-state index contributed by atoms with van der Waals surface area (Å²) >= 11 is 0. The third-order valence-electron chi connectivity index (χ3n) is 18.5. The zero-order valence-electron chi connectivity index (χ0n) is 57.9. The highest BCUT2D eigenvalue weighted by atomic mass is 16.5. The Morgan fingerprint density at radius 3 is 0.894 bits per heavy atom. The van der Waals surface area contributed by atoms with Crippen LogP contribution in [0.1, 0.15) is 444 Å². The van der Waals surface area contributed by atoms with Gasteiger partial charge in [0, 0.05) is 12.8 Å². The van der Waals surface area contributed by atoms with Gasteiger partial charge in [0.05, 0.1) is 25.4 Å². The highest BCUT2D eigenvalue weighted by Crippen LogP contribution is 2.20. The van der Waals surface area contributed by atoms with Crippen molar-refractivity contribution in [3.63, 3.8) is 0 Å². The summed E-state index contributed by atoms with van der Waals surface area (Å²) in [6.07, 6.45) is 95.5. The summed E-state index contributed by atoms with van der Waals surface area (Å²) in [4.78, 5) is 24.7. The van der Waals surface area contributed by atoms with E-state index in [-0.39, 0.29) is 18.5 Å². The third kappa shape index (κ3) is 71.3. The summed E-state index contributed by atoms with van der Waals surface area (Å²) in [5, 5.41) is 23.4. The minimum absolute atomic E-state index is 0.0196.